The summed E-state index contributed by atoms with van der Waals surface area (Å²) in [6, 6.07) is 2.01. The Bertz CT molecular complexity index is 186. The Labute approximate surface area is 79.5 Å². The Morgan fingerprint density at radius 1 is 1.62 bits per heavy atom. The summed E-state index contributed by atoms with van der Waals surface area (Å²) >= 11 is 0. The predicted molar refractivity (Wildman–Crippen MR) is 51.0 cm³/mol. The van der Waals surface area contributed by atoms with Gasteiger partial charge in [0.05, 0.1) is 12.5 Å². The third-order valence-corrected chi connectivity index (χ3v) is 1.80. The van der Waals surface area contributed by atoms with Gasteiger partial charge in [0.15, 0.2) is 0 Å². The molecule has 0 atom stereocenters. The van der Waals surface area contributed by atoms with Crippen LogP contribution in [0, 0.1) is 11.3 Å². The van der Waals surface area contributed by atoms with Gasteiger partial charge in [0.2, 0.25) is 5.91 Å². The van der Waals surface area contributed by atoms with Crippen molar-refractivity contribution >= 4 is 5.91 Å². The first-order valence-corrected chi connectivity index (χ1v) is 4.48. The van der Waals surface area contributed by atoms with E-state index in [1.807, 2.05) is 13.1 Å². The Balaban J connectivity index is 3.52. The fraction of sp³-hybridized carbons (Fsp3) is 0.778. The van der Waals surface area contributed by atoms with Crippen molar-refractivity contribution in [2.75, 3.05) is 27.2 Å². The molecule has 4 nitrogen and oxygen atoms in total. The molecule has 0 aromatic rings. The molecule has 0 heterocycles. The Morgan fingerprint density at radius 3 is 2.85 bits per heavy atom. The molecule has 0 bridgehead atoms. The van der Waals surface area contributed by atoms with E-state index in [1.165, 1.54) is 0 Å². The minimum absolute atomic E-state index is 0.116. The quantitative estimate of drug-likeness (QED) is 0.605. The van der Waals surface area contributed by atoms with Gasteiger partial charge in [-0.15, -0.1) is 0 Å². The van der Waals surface area contributed by atoms with E-state index in [0.29, 0.717) is 19.4 Å². The van der Waals surface area contributed by atoms with Crippen molar-refractivity contribution in [3.05, 3.63) is 0 Å². The van der Waals surface area contributed by atoms with Crippen molar-refractivity contribution in [3.63, 3.8) is 0 Å². The number of nitriles is 1. The maximum Gasteiger partial charge on any atom is 0.222 e. The zero-order valence-corrected chi connectivity index (χ0v) is 8.34. The summed E-state index contributed by atoms with van der Waals surface area (Å²) < 4.78 is 0. The maximum absolute atomic E-state index is 11.3. The van der Waals surface area contributed by atoms with Gasteiger partial charge in [-0.2, -0.15) is 5.26 Å². The third kappa shape index (κ3) is 6.12. The lowest BCUT2D eigenvalue weighted by Crippen LogP contribution is -2.28. The van der Waals surface area contributed by atoms with Gasteiger partial charge in [0.25, 0.3) is 0 Å². The smallest absolute Gasteiger partial charge is 0.222 e. The molecule has 1 N–H and O–H groups in total. The molecule has 0 unspecified atom stereocenters. The van der Waals surface area contributed by atoms with Crippen molar-refractivity contribution < 1.29 is 4.79 Å². The number of carbonyl (C=O) groups excluding carboxylic acids is 1. The highest BCUT2D eigenvalue weighted by Gasteiger charge is 2.06. The number of nitrogens with one attached hydrogen (secondary N) is 1. The van der Waals surface area contributed by atoms with Crippen LogP contribution >= 0.6 is 0 Å². The normalized spacial score (nSPS) is 9.31. The lowest BCUT2D eigenvalue weighted by Gasteiger charge is -2.14. The van der Waals surface area contributed by atoms with Crippen molar-refractivity contribution in [1.29, 1.82) is 5.26 Å². The van der Waals surface area contributed by atoms with E-state index in [1.54, 1.807) is 11.9 Å². The average Bonchev–Trinajstić information content (AvgIpc) is 2.14. The van der Waals surface area contributed by atoms with Crippen molar-refractivity contribution in [3.8, 4) is 6.07 Å². The SMILES string of the molecule is CNCCCC(=O)N(C)CCC#N. The summed E-state index contributed by atoms with van der Waals surface area (Å²) in [5.41, 5.74) is 0. The molecule has 0 fully saturated rings. The van der Waals surface area contributed by atoms with E-state index in [9.17, 15) is 4.79 Å². The number of nitrogens with zero attached hydrogens (tertiary/aromatic N) is 2. The van der Waals surface area contributed by atoms with Crippen molar-refractivity contribution in [2.45, 2.75) is 19.3 Å². The molecular weight excluding hydrogens is 166 g/mol. The number of hydrogen-bond donors (Lipinski definition) is 1. The number of amides is 1. The van der Waals surface area contributed by atoms with E-state index in [4.69, 9.17) is 5.26 Å². The number of rotatable bonds is 6. The van der Waals surface area contributed by atoms with Crippen LogP contribution < -0.4 is 5.32 Å². The first kappa shape index (κ1) is 11.9. The highest BCUT2D eigenvalue weighted by Crippen LogP contribution is 1.95. The van der Waals surface area contributed by atoms with E-state index < -0.39 is 0 Å². The van der Waals surface area contributed by atoms with E-state index in [-0.39, 0.29) is 5.91 Å². The van der Waals surface area contributed by atoms with Crippen LogP contribution in [0.15, 0.2) is 0 Å². The van der Waals surface area contributed by atoms with E-state index >= 15 is 0 Å². The van der Waals surface area contributed by atoms with Gasteiger partial charge >= 0.3 is 0 Å². The minimum Gasteiger partial charge on any atom is -0.345 e. The molecule has 0 aromatic carbocycles. The molecule has 0 aliphatic carbocycles. The van der Waals surface area contributed by atoms with Crippen LogP contribution in [0.25, 0.3) is 0 Å². The van der Waals surface area contributed by atoms with Crippen LogP contribution in [0.3, 0.4) is 0 Å². The van der Waals surface area contributed by atoms with Crippen molar-refractivity contribution in [2.24, 2.45) is 0 Å². The lowest BCUT2D eigenvalue weighted by molar-refractivity contribution is -0.129. The molecule has 0 rings (SSSR count). The highest BCUT2D eigenvalue weighted by molar-refractivity contribution is 5.75. The van der Waals surface area contributed by atoms with Crippen LogP contribution in [-0.2, 0) is 4.79 Å². The van der Waals surface area contributed by atoms with Crippen LogP contribution in [0.5, 0.6) is 0 Å². The van der Waals surface area contributed by atoms with Gasteiger partial charge in [-0.05, 0) is 20.0 Å². The molecule has 0 saturated carbocycles. The summed E-state index contributed by atoms with van der Waals surface area (Å²) in [5.74, 6) is 0.116. The topological polar surface area (TPSA) is 56.1 Å². The molecule has 0 aliphatic rings. The molecule has 0 saturated heterocycles. The van der Waals surface area contributed by atoms with E-state index in [2.05, 4.69) is 5.32 Å². The first-order valence-electron chi connectivity index (χ1n) is 4.48. The molecule has 13 heavy (non-hydrogen) atoms. The van der Waals surface area contributed by atoms with Crippen LogP contribution in [0.4, 0.5) is 0 Å². The molecule has 0 radical (unpaired) electrons. The van der Waals surface area contributed by atoms with Gasteiger partial charge in [-0.1, -0.05) is 0 Å². The molecule has 4 heteroatoms. The fourth-order valence-electron chi connectivity index (χ4n) is 0.950. The molecule has 0 aromatic heterocycles. The van der Waals surface area contributed by atoms with E-state index in [0.717, 1.165) is 13.0 Å². The second-order valence-corrected chi connectivity index (χ2v) is 2.93. The highest BCUT2D eigenvalue weighted by atomic mass is 16.2. The van der Waals surface area contributed by atoms with Gasteiger partial charge in [-0.3, -0.25) is 4.79 Å². The average molecular weight is 183 g/mol. The van der Waals surface area contributed by atoms with Gasteiger partial charge in [0.1, 0.15) is 0 Å². The zero-order valence-electron chi connectivity index (χ0n) is 8.34. The minimum atomic E-state index is 0.116. The number of hydrogen-bond acceptors (Lipinski definition) is 3. The molecule has 0 spiro atoms. The van der Waals surface area contributed by atoms with Crippen LogP contribution in [-0.4, -0.2) is 38.0 Å². The molecule has 0 aliphatic heterocycles. The summed E-state index contributed by atoms with van der Waals surface area (Å²) in [5, 5.41) is 11.3. The van der Waals surface area contributed by atoms with Gasteiger partial charge < -0.3 is 10.2 Å². The summed E-state index contributed by atoms with van der Waals surface area (Å²) in [6.07, 6.45) is 1.82. The van der Waals surface area contributed by atoms with Crippen LogP contribution in [0.1, 0.15) is 19.3 Å². The van der Waals surface area contributed by atoms with Crippen LogP contribution in [0.2, 0.25) is 0 Å². The second-order valence-electron chi connectivity index (χ2n) is 2.93. The monoisotopic (exact) mass is 183 g/mol. The van der Waals surface area contributed by atoms with Crippen molar-refractivity contribution in [1.82, 2.24) is 10.2 Å². The summed E-state index contributed by atoms with van der Waals surface area (Å²) in [7, 11) is 3.60. The Kier molecular flexibility index (Phi) is 6.93. The second kappa shape index (κ2) is 7.56. The maximum atomic E-state index is 11.3. The summed E-state index contributed by atoms with van der Waals surface area (Å²) in [6.45, 7) is 1.40. The zero-order chi connectivity index (χ0) is 10.1. The molecule has 1 amide bonds. The Hall–Kier alpha value is -1.08. The lowest BCUT2D eigenvalue weighted by atomic mass is 10.2. The standard InChI is InChI=1S/C9H17N3O/c1-11-7-3-5-9(13)12(2)8-4-6-10/h11H,3-5,7-8H2,1-2H3. The number of carbonyl (C=O) groups is 1. The molecular formula is C9H17N3O. The first-order chi connectivity index (χ1) is 6.22. The third-order valence-electron chi connectivity index (χ3n) is 1.80. The van der Waals surface area contributed by atoms with Gasteiger partial charge in [-0.25, -0.2) is 0 Å². The van der Waals surface area contributed by atoms with Gasteiger partial charge in [0, 0.05) is 20.0 Å². The summed E-state index contributed by atoms with van der Waals surface area (Å²) in [4.78, 5) is 12.9. The largest absolute Gasteiger partial charge is 0.345 e. The predicted octanol–water partition coefficient (Wildman–Crippen LogP) is 0.358. The Morgan fingerprint density at radius 2 is 2.31 bits per heavy atom. The fourth-order valence-corrected chi connectivity index (χ4v) is 0.950. The molecule has 74 valence electrons.